The zero-order valence-corrected chi connectivity index (χ0v) is 17.5. The maximum atomic E-state index is 7.00. The second kappa shape index (κ2) is 8.75. The molecule has 150 valence electrons. The molecule has 1 fully saturated rings. The van der Waals surface area contributed by atoms with Crippen molar-refractivity contribution in [3.63, 3.8) is 0 Å². The summed E-state index contributed by atoms with van der Waals surface area (Å²) < 4.78 is 2.18. The van der Waals surface area contributed by atoms with Crippen LogP contribution in [0.5, 0.6) is 0 Å². The summed E-state index contributed by atoms with van der Waals surface area (Å²) in [6.07, 6.45) is 8.87. The van der Waals surface area contributed by atoms with Crippen molar-refractivity contribution >= 4 is 33.7 Å². The maximum absolute atomic E-state index is 7.00. The van der Waals surface area contributed by atoms with E-state index in [0.717, 1.165) is 60.0 Å². The SMILES string of the molecule is CC.CO.Cc1cc2c(Cl)nc3c(ncn3[C@H]3CC[C@@H](c4ncc[nH]4)C3)c2[nH]1. The Labute approximate surface area is 169 Å². The number of imidazole rings is 2. The Morgan fingerprint density at radius 2 is 2.00 bits per heavy atom. The van der Waals surface area contributed by atoms with Crippen LogP contribution in [0.25, 0.3) is 22.1 Å². The first-order chi connectivity index (χ1) is 13.7. The van der Waals surface area contributed by atoms with Gasteiger partial charge in [0.15, 0.2) is 5.65 Å². The zero-order valence-electron chi connectivity index (χ0n) is 16.7. The standard InChI is InChI=1S/C17H17ClN6.C2H6.CH4O/c1-9-6-12-13(22-9)14-17(23-15(12)18)24(8-21-14)11-3-2-10(7-11)16-19-4-5-20-16;2*1-2/h4-6,8,10-11,22H,2-3,7H2,1H3,(H,19,20);1-2H3;2H,1H3/t10-,11+;;/m1../s1. The lowest BCUT2D eigenvalue weighted by Crippen LogP contribution is -2.05. The Hall–Kier alpha value is -2.38. The van der Waals surface area contributed by atoms with Crippen LogP contribution in [0.2, 0.25) is 5.15 Å². The molecule has 4 heterocycles. The van der Waals surface area contributed by atoms with Gasteiger partial charge in [0.25, 0.3) is 0 Å². The van der Waals surface area contributed by atoms with Gasteiger partial charge in [0.2, 0.25) is 0 Å². The summed E-state index contributed by atoms with van der Waals surface area (Å²) in [6.45, 7) is 6.02. The van der Waals surface area contributed by atoms with E-state index in [0.29, 0.717) is 17.1 Å². The number of aliphatic hydroxyl groups excluding tert-OH is 1. The fourth-order valence-electron chi connectivity index (χ4n) is 3.96. The van der Waals surface area contributed by atoms with E-state index in [1.807, 2.05) is 45.6 Å². The third kappa shape index (κ3) is 3.52. The predicted molar refractivity (Wildman–Crippen MR) is 113 cm³/mol. The molecule has 0 spiro atoms. The highest BCUT2D eigenvalue weighted by molar-refractivity contribution is 6.35. The van der Waals surface area contributed by atoms with Crippen molar-refractivity contribution in [1.29, 1.82) is 0 Å². The van der Waals surface area contributed by atoms with E-state index in [1.165, 1.54) is 0 Å². The Morgan fingerprint density at radius 3 is 2.71 bits per heavy atom. The summed E-state index contributed by atoms with van der Waals surface area (Å²) in [6, 6.07) is 2.40. The molecular weight excluding hydrogens is 376 g/mol. The molecule has 0 aromatic carbocycles. The quantitative estimate of drug-likeness (QED) is 0.422. The smallest absolute Gasteiger partial charge is 0.163 e. The number of nitrogens with zero attached hydrogens (tertiary/aromatic N) is 4. The molecular formula is C20H27ClN6O. The van der Waals surface area contributed by atoms with Crippen molar-refractivity contribution in [2.45, 2.75) is 52.0 Å². The molecule has 3 N–H and O–H groups in total. The van der Waals surface area contributed by atoms with Crippen LogP contribution in [0, 0.1) is 6.92 Å². The number of H-pyrrole nitrogens is 2. The van der Waals surface area contributed by atoms with Crippen LogP contribution < -0.4 is 0 Å². The normalized spacial score (nSPS) is 18.6. The van der Waals surface area contributed by atoms with Gasteiger partial charge in [0, 0.05) is 42.5 Å². The van der Waals surface area contributed by atoms with Gasteiger partial charge in [-0.3, -0.25) is 0 Å². The fraction of sp³-hybridized carbons (Fsp3) is 0.450. The summed E-state index contributed by atoms with van der Waals surface area (Å²) in [4.78, 5) is 20.3. The number of halogens is 1. The van der Waals surface area contributed by atoms with E-state index in [2.05, 4.69) is 29.5 Å². The number of aliphatic hydroxyl groups is 1. The molecule has 1 aliphatic carbocycles. The first-order valence-corrected chi connectivity index (χ1v) is 10.0. The minimum atomic E-state index is 0.377. The number of rotatable bonds is 2. The van der Waals surface area contributed by atoms with Crippen LogP contribution in [0.1, 0.15) is 56.6 Å². The first kappa shape index (κ1) is 20.4. The van der Waals surface area contributed by atoms with E-state index in [-0.39, 0.29) is 0 Å². The number of fused-ring (bicyclic) bond motifs is 3. The highest BCUT2D eigenvalue weighted by atomic mass is 35.5. The molecule has 0 aliphatic heterocycles. The molecule has 2 atom stereocenters. The number of aromatic amines is 2. The largest absolute Gasteiger partial charge is 0.400 e. The monoisotopic (exact) mass is 402 g/mol. The molecule has 0 amide bonds. The van der Waals surface area contributed by atoms with Crippen molar-refractivity contribution in [3.05, 3.63) is 41.5 Å². The van der Waals surface area contributed by atoms with Gasteiger partial charge in [-0.25, -0.2) is 15.0 Å². The molecule has 5 rings (SSSR count). The lowest BCUT2D eigenvalue weighted by atomic mass is 10.1. The Morgan fingerprint density at radius 1 is 1.21 bits per heavy atom. The van der Waals surface area contributed by atoms with E-state index in [4.69, 9.17) is 16.7 Å². The molecule has 0 saturated heterocycles. The highest BCUT2D eigenvalue weighted by Gasteiger charge is 2.30. The first-order valence-electron chi connectivity index (χ1n) is 9.66. The second-order valence-electron chi connectivity index (χ2n) is 6.61. The summed E-state index contributed by atoms with van der Waals surface area (Å²) in [5.41, 5.74) is 3.79. The van der Waals surface area contributed by atoms with E-state index in [9.17, 15) is 0 Å². The predicted octanol–water partition coefficient (Wildman–Crippen LogP) is 4.74. The van der Waals surface area contributed by atoms with Crippen LogP contribution in [-0.2, 0) is 0 Å². The molecule has 7 nitrogen and oxygen atoms in total. The number of pyridine rings is 1. The lowest BCUT2D eigenvalue weighted by Gasteiger charge is -2.13. The maximum Gasteiger partial charge on any atom is 0.163 e. The molecule has 4 aromatic heterocycles. The van der Waals surface area contributed by atoms with Crippen molar-refractivity contribution in [3.8, 4) is 0 Å². The molecule has 0 unspecified atom stereocenters. The lowest BCUT2D eigenvalue weighted by molar-refractivity contribution is 0.399. The molecule has 0 bridgehead atoms. The Bertz CT molecular complexity index is 1040. The summed E-state index contributed by atoms with van der Waals surface area (Å²) in [5.74, 6) is 1.55. The van der Waals surface area contributed by atoms with Crippen molar-refractivity contribution in [2.75, 3.05) is 7.11 Å². The summed E-state index contributed by atoms with van der Waals surface area (Å²) >= 11 is 6.41. The third-order valence-corrected chi connectivity index (χ3v) is 5.38. The average molecular weight is 403 g/mol. The van der Waals surface area contributed by atoms with Crippen LogP contribution >= 0.6 is 11.6 Å². The number of hydrogen-bond donors (Lipinski definition) is 3. The third-order valence-electron chi connectivity index (χ3n) is 5.09. The van der Waals surface area contributed by atoms with Crippen molar-refractivity contribution < 1.29 is 5.11 Å². The van der Waals surface area contributed by atoms with Gasteiger partial charge in [-0.15, -0.1) is 0 Å². The number of aryl methyl sites for hydroxylation is 1. The molecule has 1 saturated carbocycles. The number of hydrogen-bond acceptors (Lipinski definition) is 4. The zero-order chi connectivity index (χ0) is 20.3. The number of aromatic nitrogens is 6. The van der Waals surface area contributed by atoms with Crippen LogP contribution in [0.4, 0.5) is 0 Å². The van der Waals surface area contributed by atoms with Crippen molar-refractivity contribution in [2.24, 2.45) is 0 Å². The van der Waals surface area contributed by atoms with Gasteiger partial charge in [0.05, 0.1) is 11.8 Å². The van der Waals surface area contributed by atoms with Gasteiger partial charge in [-0.2, -0.15) is 0 Å². The number of nitrogens with one attached hydrogen (secondary N) is 2. The van der Waals surface area contributed by atoms with Gasteiger partial charge in [-0.1, -0.05) is 25.4 Å². The highest BCUT2D eigenvalue weighted by Crippen LogP contribution is 2.41. The fourth-order valence-corrected chi connectivity index (χ4v) is 4.19. The Balaban J connectivity index is 0.000000531. The van der Waals surface area contributed by atoms with E-state index in [1.54, 1.807) is 0 Å². The van der Waals surface area contributed by atoms with Crippen LogP contribution in [0.3, 0.4) is 0 Å². The minimum absolute atomic E-state index is 0.377. The Kier molecular flexibility index (Phi) is 6.36. The van der Waals surface area contributed by atoms with Crippen molar-refractivity contribution in [1.82, 2.24) is 29.5 Å². The minimum Gasteiger partial charge on any atom is -0.400 e. The van der Waals surface area contributed by atoms with Gasteiger partial charge < -0.3 is 19.6 Å². The molecule has 28 heavy (non-hydrogen) atoms. The van der Waals surface area contributed by atoms with Crippen LogP contribution in [0.15, 0.2) is 24.8 Å². The molecule has 0 radical (unpaired) electrons. The summed E-state index contributed by atoms with van der Waals surface area (Å²) in [5, 5.41) is 8.47. The second-order valence-corrected chi connectivity index (χ2v) is 6.96. The summed E-state index contributed by atoms with van der Waals surface area (Å²) in [7, 11) is 1.00. The van der Waals surface area contributed by atoms with E-state index >= 15 is 0 Å². The van der Waals surface area contributed by atoms with Gasteiger partial charge in [0.1, 0.15) is 16.5 Å². The van der Waals surface area contributed by atoms with Gasteiger partial charge >= 0.3 is 0 Å². The molecule has 8 heteroatoms. The average Bonchev–Trinajstić information content (AvgIpc) is 3.49. The molecule has 1 aliphatic rings. The topological polar surface area (TPSA) is 95.4 Å². The van der Waals surface area contributed by atoms with Crippen LogP contribution in [-0.4, -0.2) is 41.7 Å². The molecule has 4 aromatic rings. The van der Waals surface area contributed by atoms with Gasteiger partial charge in [-0.05, 0) is 32.3 Å². The van der Waals surface area contributed by atoms with E-state index < -0.39 is 0 Å².